The summed E-state index contributed by atoms with van der Waals surface area (Å²) in [5.41, 5.74) is 2.49. The standard InChI is InChI=1S/C23H27FN2O2/c24-18-3-1-2-16-20-10-25-12-26(20)19(22(16)18)6-21(28)23-7-13-4-14(8-23)17(11-27)15(5-13)9-23/h1-3,10,12-15,17,19,21,27-28H,4-9,11H2. The molecule has 2 N–H and O–H groups in total. The van der Waals surface area contributed by atoms with Gasteiger partial charge in [-0.3, -0.25) is 0 Å². The van der Waals surface area contributed by atoms with Gasteiger partial charge in [0, 0.05) is 17.7 Å². The maximum atomic E-state index is 14.7. The smallest absolute Gasteiger partial charge is 0.129 e. The Bertz CT molecular complexity index is 909. The molecule has 4 unspecified atom stereocenters. The van der Waals surface area contributed by atoms with Crippen molar-refractivity contribution in [3.63, 3.8) is 0 Å². The van der Waals surface area contributed by atoms with Crippen LogP contribution in [0.25, 0.3) is 11.3 Å². The Labute approximate surface area is 164 Å². The Balaban J connectivity index is 1.33. The van der Waals surface area contributed by atoms with Gasteiger partial charge >= 0.3 is 0 Å². The van der Waals surface area contributed by atoms with E-state index in [0.717, 1.165) is 30.5 Å². The van der Waals surface area contributed by atoms with E-state index in [4.69, 9.17) is 0 Å². The highest BCUT2D eigenvalue weighted by molar-refractivity contribution is 5.69. The van der Waals surface area contributed by atoms with Crippen molar-refractivity contribution in [1.82, 2.24) is 9.55 Å². The Morgan fingerprint density at radius 3 is 2.75 bits per heavy atom. The Kier molecular flexibility index (Phi) is 3.61. The fourth-order valence-corrected chi connectivity index (χ4v) is 7.59. The number of aromatic nitrogens is 2. The van der Waals surface area contributed by atoms with E-state index in [-0.39, 0.29) is 23.9 Å². The highest BCUT2D eigenvalue weighted by Crippen LogP contribution is 2.64. The maximum absolute atomic E-state index is 14.7. The van der Waals surface area contributed by atoms with Crippen molar-refractivity contribution in [3.05, 3.63) is 42.1 Å². The van der Waals surface area contributed by atoms with Crippen molar-refractivity contribution < 1.29 is 14.6 Å². The summed E-state index contributed by atoms with van der Waals surface area (Å²) in [7, 11) is 0. The number of hydrogen-bond donors (Lipinski definition) is 2. The van der Waals surface area contributed by atoms with Crippen LogP contribution in [0.4, 0.5) is 4.39 Å². The molecule has 4 nitrogen and oxygen atoms in total. The van der Waals surface area contributed by atoms with E-state index in [1.54, 1.807) is 18.6 Å². The molecule has 5 heteroatoms. The minimum atomic E-state index is -0.453. The number of halogens is 1. The summed E-state index contributed by atoms with van der Waals surface area (Å²) in [5, 5.41) is 21.4. The molecule has 1 aromatic heterocycles. The van der Waals surface area contributed by atoms with Crippen LogP contribution in [0, 0.1) is 34.9 Å². The van der Waals surface area contributed by atoms with Crippen molar-refractivity contribution in [1.29, 1.82) is 0 Å². The Hall–Kier alpha value is -1.72. The summed E-state index contributed by atoms with van der Waals surface area (Å²) >= 11 is 0. The number of hydrogen-bond acceptors (Lipinski definition) is 3. The van der Waals surface area contributed by atoms with E-state index in [1.807, 2.05) is 10.6 Å². The van der Waals surface area contributed by atoms with Gasteiger partial charge in [0.15, 0.2) is 0 Å². The lowest BCUT2D eigenvalue weighted by Gasteiger charge is -2.61. The number of nitrogens with zero attached hydrogens (tertiary/aromatic N) is 2. The van der Waals surface area contributed by atoms with Gasteiger partial charge in [0.05, 0.1) is 30.4 Å². The van der Waals surface area contributed by atoms with Crippen molar-refractivity contribution in [2.24, 2.45) is 29.1 Å². The molecule has 4 fully saturated rings. The van der Waals surface area contributed by atoms with Crippen molar-refractivity contribution in [2.45, 2.75) is 50.7 Å². The molecule has 1 aromatic carbocycles. The van der Waals surface area contributed by atoms with Gasteiger partial charge < -0.3 is 14.8 Å². The first-order chi connectivity index (χ1) is 13.6. The zero-order chi connectivity index (χ0) is 19.0. The van der Waals surface area contributed by atoms with E-state index >= 15 is 0 Å². The molecule has 4 aliphatic carbocycles. The lowest BCUT2D eigenvalue weighted by Crippen LogP contribution is -2.56. The minimum Gasteiger partial charge on any atom is -0.396 e. The molecule has 0 spiro atoms. The van der Waals surface area contributed by atoms with Crippen molar-refractivity contribution >= 4 is 0 Å². The first-order valence-electron chi connectivity index (χ1n) is 10.7. The molecule has 2 heterocycles. The normalized spacial score (nSPS) is 38.5. The van der Waals surface area contributed by atoms with Crippen LogP contribution >= 0.6 is 0 Å². The van der Waals surface area contributed by atoms with Gasteiger partial charge in [0.2, 0.25) is 0 Å². The van der Waals surface area contributed by atoms with Crippen LogP contribution in [-0.4, -0.2) is 32.5 Å². The van der Waals surface area contributed by atoms with Gasteiger partial charge in [-0.25, -0.2) is 9.37 Å². The predicted octanol–water partition coefficient (Wildman–Crippen LogP) is 3.78. The fraction of sp³-hybridized carbons (Fsp3) is 0.609. The number of aliphatic hydroxyl groups is 2. The quantitative estimate of drug-likeness (QED) is 0.846. The van der Waals surface area contributed by atoms with Crippen LogP contribution in [0.5, 0.6) is 0 Å². The molecule has 148 valence electrons. The average molecular weight is 382 g/mol. The summed E-state index contributed by atoms with van der Waals surface area (Å²) in [6.07, 6.45) is 9.19. The number of fused-ring (bicyclic) bond motifs is 3. The molecule has 5 aliphatic rings. The third-order valence-corrected chi connectivity index (χ3v) is 8.54. The number of imidazole rings is 1. The molecule has 0 radical (unpaired) electrons. The van der Waals surface area contributed by atoms with Gasteiger partial charge in [-0.05, 0) is 73.7 Å². The van der Waals surface area contributed by atoms with E-state index < -0.39 is 6.10 Å². The van der Waals surface area contributed by atoms with Crippen LogP contribution in [-0.2, 0) is 0 Å². The summed E-state index contributed by atoms with van der Waals surface area (Å²) in [6.45, 7) is 0.286. The average Bonchev–Trinajstić information content (AvgIpc) is 3.25. The lowest BCUT2D eigenvalue weighted by atomic mass is 9.44. The lowest BCUT2D eigenvalue weighted by molar-refractivity contribution is -0.157. The van der Waals surface area contributed by atoms with Crippen LogP contribution in [0.3, 0.4) is 0 Å². The molecule has 0 saturated heterocycles. The summed E-state index contributed by atoms with van der Waals surface area (Å²) in [4.78, 5) is 4.27. The molecular formula is C23H27FN2O2. The molecule has 4 atom stereocenters. The SMILES string of the molecule is OCC1C2CC3CC1CC(C(O)CC1c4c(F)cccc4-c4cncn41)(C3)C2. The molecular weight excluding hydrogens is 355 g/mol. The highest BCUT2D eigenvalue weighted by Gasteiger charge is 2.57. The molecule has 1 aliphatic heterocycles. The second-order valence-electron chi connectivity index (χ2n) is 9.83. The zero-order valence-corrected chi connectivity index (χ0v) is 16.0. The molecule has 2 aromatic rings. The third kappa shape index (κ3) is 2.20. The van der Waals surface area contributed by atoms with Gasteiger partial charge in [0.1, 0.15) is 5.82 Å². The monoisotopic (exact) mass is 382 g/mol. The molecule has 4 bridgehead atoms. The van der Waals surface area contributed by atoms with Crippen molar-refractivity contribution in [2.75, 3.05) is 6.61 Å². The van der Waals surface area contributed by atoms with E-state index in [1.165, 1.54) is 18.9 Å². The second kappa shape index (κ2) is 5.90. The number of aliphatic hydroxyl groups excluding tert-OH is 2. The molecule has 0 amide bonds. The third-order valence-electron chi connectivity index (χ3n) is 8.54. The van der Waals surface area contributed by atoms with Crippen LogP contribution in [0.1, 0.15) is 50.1 Å². The van der Waals surface area contributed by atoms with Crippen LogP contribution in [0.2, 0.25) is 0 Å². The molecule has 7 rings (SSSR count). The molecule has 4 saturated carbocycles. The van der Waals surface area contributed by atoms with Gasteiger partial charge in [-0.2, -0.15) is 0 Å². The summed E-state index contributed by atoms with van der Waals surface area (Å²) in [5.74, 6) is 2.00. The van der Waals surface area contributed by atoms with Crippen molar-refractivity contribution in [3.8, 4) is 11.3 Å². The minimum absolute atomic E-state index is 0.0586. The summed E-state index contributed by atoms with van der Waals surface area (Å²) in [6, 6.07) is 5.03. The predicted molar refractivity (Wildman–Crippen MR) is 103 cm³/mol. The molecule has 28 heavy (non-hydrogen) atoms. The Morgan fingerprint density at radius 2 is 2.00 bits per heavy atom. The number of rotatable bonds is 4. The topological polar surface area (TPSA) is 58.3 Å². The highest BCUT2D eigenvalue weighted by atomic mass is 19.1. The van der Waals surface area contributed by atoms with Crippen LogP contribution < -0.4 is 0 Å². The summed E-state index contributed by atoms with van der Waals surface area (Å²) < 4.78 is 16.8. The van der Waals surface area contributed by atoms with Gasteiger partial charge in [-0.15, -0.1) is 0 Å². The largest absolute Gasteiger partial charge is 0.396 e. The van der Waals surface area contributed by atoms with E-state index in [9.17, 15) is 14.6 Å². The first-order valence-corrected chi connectivity index (χ1v) is 10.7. The Morgan fingerprint density at radius 1 is 1.21 bits per heavy atom. The van der Waals surface area contributed by atoms with E-state index in [2.05, 4.69) is 4.98 Å². The number of benzene rings is 1. The van der Waals surface area contributed by atoms with Gasteiger partial charge in [0.25, 0.3) is 0 Å². The van der Waals surface area contributed by atoms with E-state index in [0.29, 0.717) is 35.7 Å². The fourth-order valence-electron chi connectivity index (χ4n) is 7.59. The first kappa shape index (κ1) is 17.2. The zero-order valence-electron chi connectivity index (χ0n) is 16.0. The van der Waals surface area contributed by atoms with Gasteiger partial charge in [-0.1, -0.05) is 12.1 Å². The maximum Gasteiger partial charge on any atom is 0.129 e. The second-order valence-corrected chi connectivity index (χ2v) is 9.83. The van der Waals surface area contributed by atoms with Crippen LogP contribution in [0.15, 0.2) is 30.7 Å².